The maximum atomic E-state index is 11.5. The number of nitrogens with zero attached hydrogens (tertiary/aromatic N) is 1. The molecule has 0 aliphatic carbocycles. The molecule has 7 nitrogen and oxygen atoms in total. The Hall–Kier alpha value is -1.38. The lowest BCUT2D eigenvalue weighted by Crippen LogP contribution is -2.31. The van der Waals surface area contributed by atoms with Crippen LogP contribution in [0, 0.1) is 0 Å². The van der Waals surface area contributed by atoms with Crippen molar-refractivity contribution < 1.29 is 13.2 Å². The molecule has 1 aromatic rings. The first-order valence-electron chi connectivity index (χ1n) is 4.49. The van der Waals surface area contributed by atoms with Gasteiger partial charge >= 0.3 is 0 Å². The van der Waals surface area contributed by atoms with Gasteiger partial charge in [0.2, 0.25) is 10.0 Å². The second-order valence-corrected chi connectivity index (χ2v) is 5.36. The van der Waals surface area contributed by atoms with Gasteiger partial charge in [0, 0.05) is 12.7 Å². The van der Waals surface area contributed by atoms with Crippen LogP contribution in [0.4, 0.5) is 5.82 Å². The van der Waals surface area contributed by atoms with Crippen LogP contribution in [0.15, 0.2) is 12.3 Å². The minimum absolute atomic E-state index is 0.0837. The molecule has 1 amide bonds. The van der Waals surface area contributed by atoms with Crippen LogP contribution >= 0.6 is 11.6 Å². The third kappa shape index (κ3) is 4.55. The quantitative estimate of drug-likeness (QED) is 0.673. The van der Waals surface area contributed by atoms with Crippen LogP contribution in [-0.2, 0) is 10.0 Å². The summed E-state index contributed by atoms with van der Waals surface area (Å²) in [5.41, 5.74) is 5.57. The fourth-order valence-electron chi connectivity index (χ4n) is 0.982. The smallest absolute Gasteiger partial charge is 0.252 e. The molecule has 0 aromatic carbocycles. The normalized spacial score (nSPS) is 11.2. The van der Waals surface area contributed by atoms with E-state index in [1.165, 1.54) is 12.3 Å². The number of hydrogen-bond acceptors (Lipinski definition) is 5. The molecule has 0 spiro atoms. The van der Waals surface area contributed by atoms with Gasteiger partial charge in [0.25, 0.3) is 5.91 Å². The molecule has 1 aromatic heterocycles. The van der Waals surface area contributed by atoms with Crippen LogP contribution in [0.2, 0.25) is 5.02 Å². The van der Waals surface area contributed by atoms with Crippen LogP contribution in [-0.4, -0.2) is 31.6 Å². The van der Waals surface area contributed by atoms with Gasteiger partial charge in [0.15, 0.2) is 0 Å². The molecule has 0 fully saturated rings. The van der Waals surface area contributed by atoms with Crippen LogP contribution in [0.3, 0.4) is 0 Å². The van der Waals surface area contributed by atoms with Crippen LogP contribution in [0.5, 0.6) is 0 Å². The van der Waals surface area contributed by atoms with Crippen molar-refractivity contribution in [2.24, 2.45) is 5.14 Å². The highest BCUT2D eigenvalue weighted by molar-refractivity contribution is 7.89. The van der Waals surface area contributed by atoms with E-state index < -0.39 is 15.9 Å². The van der Waals surface area contributed by atoms with Gasteiger partial charge in [0.1, 0.15) is 5.82 Å². The number of carbonyl (C=O) groups is 1. The van der Waals surface area contributed by atoms with Crippen LogP contribution < -0.4 is 16.2 Å². The third-order valence-electron chi connectivity index (χ3n) is 1.80. The summed E-state index contributed by atoms with van der Waals surface area (Å²) in [6, 6.07) is 1.34. The van der Waals surface area contributed by atoms with Gasteiger partial charge in [-0.05, 0) is 6.07 Å². The second-order valence-electron chi connectivity index (χ2n) is 3.21. The van der Waals surface area contributed by atoms with Gasteiger partial charge in [-0.25, -0.2) is 18.5 Å². The van der Waals surface area contributed by atoms with Gasteiger partial charge in [0.05, 0.1) is 16.3 Å². The van der Waals surface area contributed by atoms with Gasteiger partial charge < -0.3 is 11.1 Å². The maximum absolute atomic E-state index is 11.5. The highest BCUT2D eigenvalue weighted by atomic mass is 35.5. The zero-order chi connectivity index (χ0) is 13.1. The molecular formula is C8H11ClN4O3S. The lowest BCUT2D eigenvalue weighted by atomic mass is 10.2. The summed E-state index contributed by atoms with van der Waals surface area (Å²) >= 11 is 5.68. The largest absolute Gasteiger partial charge is 0.382 e. The first kappa shape index (κ1) is 13.7. The van der Waals surface area contributed by atoms with E-state index in [4.69, 9.17) is 22.5 Å². The molecule has 0 saturated heterocycles. The number of carbonyl (C=O) groups excluding carboxylic acids is 1. The molecule has 94 valence electrons. The molecule has 17 heavy (non-hydrogen) atoms. The lowest BCUT2D eigenvalue weighted by molar-refractivity contribution is 0.0956. The molecular weight excluding hydrogens is 268 g/mol. The number of amides is 1. The Morgan fingerprint density at radius 1 is 1.53 bits per heavy atom. The average molecular weight is 279 g/mol. The number of rotatable bonds is 4. The van der Waals surface area contributed by atoms with Crippen molar-refractivity contribution in [2.75, 3.05) is 18.0 Å². The standard InChI is InChI=1S/C8H11ClN4O3S/c9-6-3-5(4-13-7(6)10)8(14)12-1-2-17(11,15)16/h3-4H,1-2H2,(H2,10,13)(H,12,14)(H2,11,15,16). The van der Waals surface area contributed by atoms with Crippen LogP contribution in [0.1, 0.15) is 10.4 Å². The number of pyridine rings is 1. The highest BCUT2D eigenvalue weighted by Crippen LogP contribution is 2.16. The monoisotopic (exact) mass is 278 g/mol. The Labute approximate surface area is 103 Å². The number of anilines is 1. The molecule has 0 saturated carbocycles. The minimum Gasteiger partial charge on any atom is -0.382 e. The zero-order valence-electron chi connectivity index (χ0n) is 8.68. The summed E-state index contributed by atoms with van der Waals surface area (Å²) in [5, 5.41) is 7.30. The van der Waals surface area contributed by atoms with Crippen molar-refractivity contribution in [1.82, 2.24) is 10.3 Å². The van der Waals surface area contributed by atoms with Gasteiger partial charge in [-0.2, -0.15) is 0 Å². The highest BCUT2D eigenvalue weighted by Gasteiger charge is 2.09. The van der Waals surface area contributed by atoms with Crippen molar-refractivity contribution >= 4 is 33.3 Å². The molecule has 0 unspecified atom stereocenters. The molecule has 1 heterocycles. The fraction of sp³-hybridized carbons (Fsp3) is 0.250. The van der Waals surface area contributed by atoms with Crippen LogP contribution in [0.25, 0.3) is 0 Å². The minimum atomic E-state index is -3.59. The molecule has 0 radical (unpaired) electrons. The number of halogens is 1. The average Bonchev–Trinajstić information content (AvgIpc) is 2.20. The van der Waals surface area contributed by atoms with E-state index in [-0.39, 0.29) is 28.7 Å². The van der Waals surface area contributed by atoms with Crippen molar-refractivity contribution in [2.45, 2.75) is 0 Å². The summed E-state index contributed by atoms with van der Waals surface area (Å²) in [5.74, 6) is -0.717. The van der Waals surface area contributed by atoms with Crippen molar-refractivity contribution in [1.29, 1.82) is 0 Å². The molecule has 5 N–H and O–H groups in total. The number of primary sulfonamides is 1. The molecule has 9 heteroatoms. The van der Waals surface area contributed by atoms with Gasteiger partial charge in [-0.15, -0.1) is 0 Å². The third-order valence-corrected chi connectivity index (χ3v) is 2.88. The van der Waals surface area contributed by atoms with E-state index in [1.807, 2.05) is 0 Å². The number of aromatic nitrogens is 1. The summed E-state index contributed by atoms with van der Waals surface area (Å²) in [4.78, 5) is 15.2. The van der Waals surface area contributed by atoms with Crippen molar-refractivity contribution in [3.05, 3.63) is 22.8 Å². The van der Waals surface area contributed by atoms with Gasteiger partial charge in [-0.3, -0.25) is 4.79 Å². The Balaban J connectivity index is 2.61. The maximum Gasteiger partial charge on any atom is 0.252 e. The predicted molar refractivity (Wildman–Crippen MR) is 64.0 cm³/mol. The second kappa shape index (κ2) is 5.30. The molecule has 0 aliphatic heterocycles. The van der Waals surface area contributed by atoms with E-state index in [1.54, 1.807) is 0 Å². The summed E-state index contributed by atoms with van der Waals surface area (Å²) in [6.07, 6.45) is 1.24. The molecule has 1 rings (SSSR count). The van der Waals surface area contributed by atoms with E-state index in [0.717, 1.165) is 0 Å². The Kier molecular flexibility index (Phi) is 4.27. The number of hydrogen-bond donors (Lipinski definition) is 3. The lowest BCUT2D eigenvalue weighted by Gasteiger charge is -2.05. The first-order valence-corrected chi connectivity index (χ1v) is 6.58. The van der Waals surface area contributed by atoms with Gasteiger partial charge in [-0.1, -0.05) is 11.6 Å². The Bertz CT molecular complexity index is 532. The molecule has 0 aliphatic rings. The van der Waals surface area contributed by atoms with E-state index in [2.05, 4.69) is 10.3 Å². The summed E-state index contributed by atoms with van der Waals surface area (Å²) in [7, 11) is -3.59. The fourth-order valence-corrected chi connectivity index (χ4v) is 1.53. The molecule has 0 atom stereocenters. The topological polar surface area (TPSA) is 128 Å². The number of nitrogens with one attached hydrogen (secondary N) is 1. The van der Waals surface area contributed by atoms with E-state index in [9.17, 15) is 13.2 Å². The number of nitrogen functional groups attached to an aromatic ring is 1. The van der Waals surface area contributed by atoms with Crippen molar-refractivity contribution in [3.8, 4) is 0 Å². The Morgan fingerprint density at radius 3 is 2.71 bits per heavy atom. The van der Waals surface area contributed by atoms with E-state index >= 15 is 0 Å². The SMILES string of the molecule is Nc1ncc(C(=O)NCCS(N)(=O)=O)cc1Cl. The zero-order valence-corrected chi connectivity index (χ0v) is 10.3. The summed E-state index contributed by atoms with van der Waals surface area (Å²) in [6.45, 7) is -0.0837. The first-order chi connectivity index (χ1) is 7.79. The predicted octanol–water partition coefficient (Wildman–Crippen LogP) is -0.664. The number of sulfonamides is 1. The molecule has 0 bridgehead atoms. The van der Waals surface area contributed by atoms with E-state index in [0.29, 0.717) is 0 Å². The van der Waals surface area contributed by atoms with Crippen molar-refractivity contribution in [3.63, 3.8) is 0 Å². The number of nitrogens with two attached hydrogens (primary N) is 2. The summed E-state index contributed by atoms with van der Waals surface area (Å²) < 4.78 is 21.2. The Morgan fingerprint density at radius 2 is 2.18 bits per heavy atom.